The van der Waals surface area contributed by atoms with Crippen LogP contribution in [-0.4, -0.2) is 31.2 Å². The Labute approximate surface area is 139 Å². The standard InChI is InChI=1S/C16H20N2O4S/c1-16(2,15(20)21-3)22-9-13(19)18-14-11(8-17)10-6-4-5-7-12(10)23-14/h4-7,9H2,1-3H3,(H,18,19). The van der Waals surface area contributed by atoms with Crippen LogP contribution in [0, 0.1) is 11.3 Å². The zero-order valence-electron chi connectivity index (χ0n) is 13.5. The van der Waals surface area contributed by atoms with Crippen LogP contribution in [-0.2, 0) is 31.9 Å². The van der Waals surface area contributed by atoms with Gasteiger partial charge < -0.3 is 14.8 Å². The molecule has 1 amide bonds. The molecule has 0 spiro atoms. The molecule has 1 N–H and O–H groups in total. The van der Waals surface area contributed by atoms with Gasteiger partial charge in [0.2, 0.25) is 0 Å². The number of nitrogens with one attached hydrogen (secondary N) is 1. The van der Waals surface area contributed by atoms with Crippen LogP contribution in [0.4, 0.5) is 5.00 Å². The van der Waals surface area contributed by atoms with Crippen molar-refractivity contribution in [2.45, 2.75) is 45.1 Å². The number of methoxy groups -OCH3 is 1. The lowest BCUT2D eigenvalue weighted by atomic mass is 9.96. The number of hydrogen-bond acceptors (Lipinski definition) is 6. The number of carbonyl (C=O) groups is 2. The van der Waals surface area contributed by atoms with Crippen molar-refractivity contribution in [1.29, 1.82) is 5.26 Å². The number of fused-ring (bicyclic) bond motifs is 1. The van der Waals surface area contributed by atoms with Crippen LogP contribution in [0.3, 0.4) is 0 Å². The molecule has 0 saturated heterocycles. The average molecular weight is 336 g/mol. The highest BCUT2D eigenvalue weighted by molar-refractivity contribution is 7.16. The van der Waals surface area contributed by atoms with Gasteiger partial charge in [0.1, 0.15) is 17.7 Å². The van der Waals surface area contributed by atoms with Crippen molar-refractivity contribution in [3.8, 4) is 6.07 Å². The van der Waals surface area contributed by atoms with Crippen LogP contribution >= 0.6 is 11.3 Å². The molecule has 1 aromatic rings. The van der Waals surface area contributed by atoms with Gasteiger partial charge in [-0.1, -0.05) is 0 Å². The predicted molar refractivity (Wildman–Crippen MR) is 86.4 cm³/mol. The predicted octanol–water partition coefficient (Wildman–Crippen LogP) is 2.41. The van der Waals surface area contributed by atoms with Crippen molar-refractivity contribution in [1.82, 2.24) is 0 Å². The van der Waals surface area contributed by atoms with Crippen LogP contribution in [0.25, 0.3) is 0 Å². The molecule has 7 heteroatoms. The van der Waals surface area contributed by atoms with E-state index in [0.717, 1.165) is 31.2 Å². The fraction of sp³-hybridized carbons (Fsp3) is 0.562. The largest absolute Gasteiger partial charge is 0.467 e. The Morgan fingerprint density at radius 3 is 2.70 bits per heavy atom. The van der Waals surface area contributed by atoms with Crippen LogP contribution in [0.15, 0.2) is 0 Å². The third-order valence-electron chi connectivity index (χ3n) is 3.78. The molecule has 2 rings (SSSR count). The van der Waals surface area contributed by atoms with E-state index in [1.807, 2.05) is 0 Å². The summed E-state index contributed by atoms with van der Waals surface area (Å²) in [5.74, 6) is -0.938. The maximum absolute atomic E-state index is 12.1. The highest BCUT2D eigenvalue weighted by atomic mass is 32.1. The second kappa shape index (κ2) is 7.11. The van der Waals surface area contributed by atoms with Gasteiger partial charge in [0.15, 0.2) is 5.60 Å². The zero-order chi connectivity index (χ0) is 17.0. The molecule has 0 bridgehead atoms. The van der Waals surface area contributed by atoms with Gasteiger partial charge in [0, 0.05) is 4.88 Å². The van der Waals surface area contributed by atoms with Gasteiger partial charge in [-0.05, 0) is 45.1 Å². The lowest BCUT2D eigenvalue weighted by molar-refractivity contribution is -0.165. The third kappa shape index (κ3) is 3.89. The molecular formula is C16H20N2O4S. The van der Waals surface area contributed by atoms with Gasteiger partial charge in [0.05, 0.1) is 12.7 Å². The molecule has 0 atom stereocenters. The topological polar surface area (TPSA) is 88.4 Å². The Hall–Kier alpha value is -1.91. The molecule has 0 radical (unpaired) electrons. The van der Waals surface area contributed by atoms with Gasteiger partial charge in [-0.15, -0.1) is 11.3 Å². The first-order chi connectivity index (χ1) is 10.9. The molecule has 6 nitrogen and oxygen atoms in total. The smallest absolute Gasteiger partial charge is 0.337 e. The molecule has 1 aromatic heterocycles. The van der Waals surface area contributed by atoms with Crippen LogP contribution in [0.5, 0.6) is 0 Å². The van der Waals surface area contributed by atoms with Crippen molar-refractivity contribution in [2.24, 2.45) is 0 Å². The van der Waals surface area contributed by atoms with Gasteiger partial charge in [-0.25, -0.2) is 4.79 Å². The van der Waals surface area contributed by atoms with E-state index in [9.17, 15) is 14.9 Å². The molecule has 23 heavy (non-hydrogen) atoms. The molecule has 0 aliphatic heterocycles. The van der Waals surface area contributed by atoms with Crippen molar-refractivity contribution in [3.05, 3.63) is 16.0 Å². The second-order valence-corrected chi connectivity index (χ2v) is 6.97. The number of nitriles is 1. The molecule has 0 aromatic carbocycles. The van der Waals surface area contributed by atoms with Crippen molar-refractivity contribution in [2.75, 3.05) is 19.0 Å². The zero-order valence-corrected chi connectivity index (χ0v) is 14.3. The summed E-state index contributed by atoms with van der Waals surface area (Å²) >= 11 is 1.46. The Kier molecular flexibility index (Phi) is 5.39. The number of amides is 1. The van der Waals surface area contributed by atoms with Gasteiger partial charge >= 0.3 is 5.97 Å². The molecule has 1 aliphatic carbocycles. The first-order valence-electron chi connectivity index (χ1n) is 7.46. The average Bonchev–Trinajstić information content (AvgIpc) is 2.89. The first-order valence-corrected chi connectivity index (χ1v) is 8.27. The van der Waals surface area contributed by atoms with Gasteiger partial charge in [0.25, 0.3) is 5.91 Å². The number of ether oxygens (including phenoxy) is 2. The molecular weight excluding hydrogens is 316 g/mol. The van der Waals surface area contributed by atoms with Crippen molar-refractivity contribution in [3.63, 3.8) is 0 Å². The Morgan fingerprint density at radius 2 is 2.04 bits per heavy atom. The lowest BCUT2D eigenvalue weighted by Gasteiger charge is -2.21. The molecule has 1 heterocycles. The maximum Gasteiger partial charge on any atom is 0.337 e. The molecule has 1 aliphatic rings. The minimum atomic E-state index is -1.20. The number of carbonyl (C=O) groups excluding carboxylic acids is 2. The first kappa shape index (κ1) is 17.4. The SMILES string of the molecule is COC(=O)C(C)(C)OCC(=O)Nc1sc2c(c1C#N)CCCC2. The summed E-state index contributed by atoms with van der Waals surface area (Å²) in [7, 11) is 1.27. The molecule has 0 unspecified atom stereocenters. The third-order valence-corrected chi connectivity index (χ3v) is 4.98. The fourth-order valence-electron chi connectivity index (χ4n) is 2.49. The number of nitrogens with zero attached hydrogens (tertiary/aromatic N) is 1. The number of hydrogen-bond donors (Lipinski definition) is 1. The van der Waals surface area contributed by atoms with Gasteiger partial charge in [-0.3, -0.25) is 4.79 Å². The summed E-state index contributed by atoms with van der Waals surface area (Å²) in [6.45, 7) is 2.79. The Balaban J connectivity index is 2.03. The summed E-state index contributed by atoms with van der Waals surface area (Å²) in [6, 6.07) is 2.19. The normalized spacial score (nSPS) is 13.8. The molecule has 0 fully saturated rings. The maximum atomic E-state index is 12.1. The number of esters is 1. The van der Waals surface area contributed by atoms with Crippen LogP contribution < -0.4 is 5.32 Å². The molecule has 124 valence electrons. The molecule has 0 saturated carbocycles. The van der Waals surface area contributed by atoms with Crippen molar-refractivity contribution >= 4 is 28.2 Å². The van der Waals surface area contributed by atoms with E-state index in [0.29, 0.717) is 10.6 Å². The number of rotatable bonds is 5. The van der Waals surface area contributed by atoms with E-state index in [4.69, 9.17) is 4.74 Å². The summed E-state index contributed by atoms with van der Waals surface area (Å²) in [6.07, 6.45) is 4.03. The fourth-order valence-corrected chi connectivity index (χ4v) is 3.74. The van der Waals surface area contributed by atoms with E-state index >= 15 is 0 Å². The van der Waals surface area contributed by atoms with Crippen LogP contribution in [0.2, 0.25) is 0 Å². The Bertz CT molecular complexity index is 658. The van der Waals surface area contributed by atoms with E-state index in [1.54, 1.807) is 0 Å². The minimum Gasteiger partial charge on any atom is -0.467 e. The minimum absolute atomic E-state index is 0.282. The Morgan fingerprint density at radius 1 is 1.35 bits per heavy atom. The quantitative estimate of drug-likeness (QED) is 0.834. The number of aryl methyl sites for hydroxylation is 1. The highest BCUT2D eigenvalue weighted by Gasteiger charge is 2.30. The number of anilines is 1. The lowest BCUT2D eigenvalue weighted by Crippen LogP contribution is -2.38. The van der Waals surface area contributed by atoms with Gasteiger partial charge in [-0.2, -0.15) is 5.26 Å². The van der Waals surface area contributed by atoms with Crippen LogP contribution in [0.1, 0.15) is 42.7 Å². The van der Waals surface area contributed by atoms with Crippen molar-refractivity contribution < 1.29 is 19.1 Å². The monoisotopic (exact) mass is 336 g/mol. The summed E-state index contributed by atoms with van der Waals surface area (Å²) in [5, 5.41) is 12.7. The number of thiophene rings is 1. The summed E-state index contributed by atoms with van der Waals surface area (Å²) in [4.78, 5) is 24.8. The second-order valence-electron chi connectivity index (χ2n) is 5.87. The summed E-state index contributed by atoms with van der Waals surface area (Å²) in [5.41, 5.74) is 0.430. The summed E-state index contributed by atoms with van der Waals surface area (Å²) < 4.78 is 9.95. The van der Waals surface area contributed by atoms with E-state index in [-0.39, 0.29) is 6.61 Å². The van der Waals surface area contributed by atoms with E-state index in [2.05, 4.69) is 16.1 Å². The van der Waals surface area contributed by atoms with E-state index < -0.39 is 17.5 Å². The highest BCUT2D eigenvalue weighted by Crippen LogP contribution is 2.37. The van der Waals surface area contributed by atoms with E-state index in [1.165, 1.54) is 37.2 Å².